The largest absolute Gasteiger partial charge is 0.271 e. The van der Waals surface area contributed by atoms with E-state index in [4.69, 9.17) is 5.84 Å². The molecule has 1 aromatic rings. The fourth-order valence-electron chi connectivity index (χ4n) is 4.41. The molecule has 2 saturated carbocycles. The van der Waals surface area contributed by atoms with Gasteiger partial charge in [-0.3, -0.25) is 11.3 Å². The van der Waals surface area contributed by atoms with Crippen LogP contribution in [0.15, 0.2) is 24.3 Å². The summed E-state index contributed by atoms with van der Waals surface area (Å²) in [6.07, 6.45) is 6.81. The predicted octanol–water partition coefficient (Wildman–Crippen LogP) is 3.62. The maximum atomic E-state index is 5.86. The number of hydrogen-bond acceptors (Lipinski definition) is 2. The van der Waals surface area contributed by atoms with Gasteiger partial charge in [-0.25, -0.2) is 0 Å². The minimum absolute atomic E-state index is 0.454. The van der Waals surface area contributed by atoms with E-state index in [1.165, 1.54) is 36.8 Å². The minimum Gasteiger partial charge on any atom is -0.271 e. The van der Waals surface area contributed by atoms with E-state index < -0.39 is 0 Å². The van der Waals surface area contributed by atoms with E-state index in [9.17, 15) is 0 Å². The summed E-state index contributed by atoms with van der Waals surface area (Å²) >= 11 is 0. The summed E-state index contributed by atoms with van der Waals surface area (Å²) in [6, 6.07) is 9.57. The molecule has 2 aliphatic rings. The zero-order valence-corrected chi connectivity index (χ0v) is 12.8. The molecule has 1 aromatic carbocycles. The van der Waals surface area contributed by atoms with Gasteiger partial charge in [-0.05, 0) is 60.5 Å². The first-order valence-electron chi connectivity index (χ1n) is 8.22. The third kappa shape index (κ3) is 2.77. The van der Waals surface area contributed by atoms with Crippen LogP contribution in [0.1, 0.15) is 56.6 Å². The van der Waals surface area contributed by atoms with E-state index in [0.717, 1.165) is 24.2 Å². The van der Waals surface area contributed by atoms with E-state index in [0.29, 0.717) is 12.0 Å². The van der Waals surface area contributed by atoms with Gasteiger partial charge in [0.05, 0.1) is 0 Å². The van der Waals surface area contributed by atoms with Gasteiger partial charge in [0.1, 0.15) is 0 Å². The van der Waals surface area contributed by atoms with Crippen LogP contribution in [0.3, 0.4) is 0 Å². The molecule has 2 bridgehead atoms. The van der Waals surface area contributed by atoms with E-state index in [2.05, 4.69) is 43.5 Å². The van der Waals surface area contributed by atoms with Crippen molar-refractivity contribution < 1.29 is 0 Å². The average Bonchev–Trinajstić information content (AvgIpc) is 3.08. The zero-order valence-electron chi connectivity index (χ0n) is 12.8. The number of fused-ring (bicyclic) bond motifs is 2. The molecule has 0 spiro atoms. The molecule has 2 aliphatic carbocycles. The van der Waals surface area contributed by atoms with Crippen LogP contribution < -0.4 is 11.3 Å². The molecule has 2 heteroatoms. The Morgan fingerprint density at radius 2 is 1.90 bits per heavy atom. The highest BCUT2D eigenvalue weighted by molar-refractivity contribution is 5.25. The second-order valence-corrected chi connectivity index (χ2v) is 7.21. The number of hydrazine groups is 1. The maximum Gasteiger partial charge on any atom is 0.0281 e. The lowest BCUT2D eigenvalue weighted by Crippen LogP contribution is -2.44. The molecule has 20 heavy (non-hydrogen) atoms. The Hall–Kier alpha value is -0.860. The minimum atomic E-state index is 0.454. The quantitative estimate of drug-likeness (QED) is 0.634. The maximum absolute atomic E-state index is 5.86. The Bertz CT molecular complexity index is 437. The molecule has 2 nitrogen and oxygen atoms in total. The Morgan fingerprint density at radius 1 is 1.15 bits per heavy atom. The second kappa shape index (κ2) is 5.87. The molecule has 0 saturated heterocycles. The third-order valence-electron chi connectivity index (χ3n) is 5.63. The molecule has 0 aromatic heterocycles. The van der Waals surface area contributed by atoms with Gasteiger partial charge in [0.2, 0.25) is 0 Å². The number of hydrogen-bond donors (Lipinski definition) is 2. The van der Waals surface area contributed by atoms with Crippen LogP contribution in [-0.4, -0.2) is 6.04 Å². The monoisotopic (exact) mass is 272 g/mol. The summed E-state index contributed by atoms with van der Waals surface area (Å²) in [5, 5.41) is 0. The van der Waals surface area contributed by atoms with Crippen LogP contribution in [0.2, 0.25) is 0 Å². The Morgan fingerprint density at radius 3 is 2.40 bits per heavy atom. The molecular weight excluding hydrogens is 244 g/mol. The van der Waals surface area contributed by atoms with Crippen LogP contribution in [-0.2, 0) is 6.42 Å². The van der Waals surface area contributed by atoms with Crippen LogP contribution >= 0.6 is 0 Å². The standard InChI is InChI=1S/C18H28N2/c1-12(2)15-6-3-13(4-7-15)11-18(20-19)17-10-14-5-8-16(17)9-14/h3-4,6-7,12,14,16-18,20H,5,8-11,19H2,1-2H3. The second-order valence-electron chi connectivity index (χ2n) is 7.21. The van der Waals surface area contributed by atoms with E-state index >= 15 is 0 Å². The van der Waals surface area contributed by atoms with Crippen molar-refractivity contribution >= 4 is 0 Å². The number of nitrogens with one attached hydrogen (secondary N) is 1. The lowest BCUT2D eigenvalue weighted by molar-refractivity contribution is 0.248. The van der Waals surface area contributed by atoms with E-state index in [1.807, 2.05) is 0 Å². The van der Waals surface area contributed by atoms with Gasteiger partial charge in [0.25, 0.3) is 0 Å². The van der Waals surface area contributed by atoms with Crippen molar-refractivity contribution in [3.8, 4) is 0 Å². The van der Waals surface area contributed by atoms with Crippen LogP contribution in [0.5, 0.6) is 0 Å². The smallest absolute Gasteiger partial charge is 0.0281 e. The lowest BCUT2D eigenvalue weighted by atomic mass is 9.81. The van der Waals surface area contributed by atoms with Gasteiger partial charge in [-0.2, -0.15) is 0 Å². The molecule has 0 amide bonds. The SMILES string of the molecule is CC(C)c1ccc(CC(NN)C2CC3CCC2C3)cc1. The molecule has 0 aliphatic heterocycles. The van der Waals surface area contributed by atoms with Gasteiger partial charge in [-0.15, -0.1) is 0 Å². The van der Waals surface area contributed by atoms with Crippen molar-refractivity contribution in [3.05, 3.63) is 35.4 Å². The van der Waals surface area contributed by atoms with Gasteiger partial charge in [0, 0.05) is 6.04 Å². The first kappa shape index (κ1) is 14.1. The van der Waals surface area contributed by atoms with Crippen LogP contribution in [0, 0.1) is 17.8 Å². The lowest BCUT2D eigenvalue weighted by Gasteiger charge is -2.30. The Kier molecular flexibility index (Phi) is 4.13. The highest BCUT2D eigenvalue weighted by Gasteiger charge is 2.42. The first-order chi connectivity index (χ1) is 9.67. The van der Waals surface area contributed by atoms with Crippen LogP contribution in [0.4, 0.5) is 0 Å². The highest BCUT2D eigenvalue weighted by Crippen LogP contribution is 2.49. The molecule has 110 valence electrons. The summed E-state index contributed by atoms with van der Waals surface area (Å²) in [5.74, 6) is 9.18. The molecule has 4 atom stereocenters. The van der Waals surface area contributed by atoms with Gasteiger partial charge < -0.3 is 0 Å². The molecule has 4 unspecified atom stereocenters. The van der Waals surface area contributed by atoms with Crippen molar-refractivity contribution in [1.29, 1.82) is 0 Å². The molecule has 0 radical (unpaired) electrons. The number of benzene rings is 1. The molecule has 3 rings (SSSR count). The van der Waals surface area contributed by atoms with Gasteiger partial charge in [0.15, 0.2) is 0 Å². The number of rotatable bonds is 5. The van der Waals surface area contributed by atoms with Crippen molar-refractivity contribution in [2.75, 3.05) is 0 Å². The van der Waals surface area contributed by atoms with Crippen LogP contribution in [0.25, 0.3) is 0 Å². The Balaban J connectivity index is 1.65. The normalized spacial score (nSPS) is 30.1. The fourth-order valence-corrected chi connectivity index (χ4v) is 4.41. The van der Waals surface area contributed by atoms with Crippen molar-refractivity contribution in [2.45, 2.75) is 57.9 Å². The van der Waals surface area contributed by atoms with Crippen molar-refractivity contribution in [1.82, 2.24) is 5.43 Å². The van der Waals surface area contributed by atoms with E-state index in [1.54, 1.807) is 0 Å². The molecule has 0 heterocycles. The average molecular weight is 272 g/mol. The summed E-state index contributed by atoms with van der Waals surface area (Å²) < 4.78 is 0. The molecular formula is C18H28N2. The summed E-state index contributed by atoms with van der Waals surface area (Å²) in [7, 11) is 0. The van der Waals surface area contributed by atoms with Crippen molar-refractivity contribution in [2.24, 2.45) is 23.6 Å². The fraction of sp³-hybridized carbons (Fsp3) is 0.667. The predicted molar refractivity (Wildman–Crippen MR) is 84.3 cm³/mol. The molecule has 2 fully saturated rings. The highest BCUT2D eigenvalue weighted by atomic mass is 15.2. The van der Waals surface area contributed by atoms with Crippen molar-refractivity contribution in [3.63, 3.8) is 0 Å². The molecule has 3 N–H and O–H groups in total. The summed E-state index contributed by atoms with van der Waals surface area (Å²) in [5.41, 5.74) is 5.95. The van der Waals surface area contributed by atoms with E-state index in [-0.39, 0.29) is 0 Å². The summed E-state index contributed by atoms with van der Waals surface area (Å²) in [4.78, 5) is 0. The van der Waals surface area contributed by atoms with Gasteiger partial charge in [-0.1, -0.05) is 44.5 Å². The number of nitrogens with two attached hydrogens (primary N) is 1. The zero-order chi connectivity index (χ0) is 14.1. The summed E-state index contributed by atoms with van der Waals surface area (Å²) in [6.45, 7) is 4.49. The third-order valence-corrected chi connectivity index (χ3v) is 5.63. The topological polar surface area (TPSA) is 38.0 Å². The first-order valence-corrected chi connectivity index (χ1v) is 8.22. The van der Waals surface area contributed by atoms with Gasteiger partial charge >= 0.3 is 0 Å². The Labute approximate surface area is 123 Å².